The van der Waals surface area contributed by atoms with Gasteiger partial charge >= 0.3 is 5.82 Å². The number of nitrogens with one attached hydrogen (secondary N) is 2. The second-order valence-electron chi connectivity index (χ2n) is 4.51. The highest BCUT2D eigenvalue weighted by Crippen LogP contribution is 2.33. The quantitative estimate of drug-likeness (QED) is 0.646. The fraction of sp³-hybridized carbons (Fsp3) is 0.231. The number of amides is 1. The summed E-state index contributed by atoms with van der Waals surface area (Å²) in [5.41, 5.74) is 1.01. The van der Waals surface area contributed by atoms with Gasteiger partial charge in [-0.25, -0.2) is 0 Å². The molecule has 0 saturated heterocycles. The third kappa shape index (κ3) is 3.14. The van der Waals surface area contributed by atoms with E-state index >= 15 is 0 Å². The van der Waals surface area contributed by atoms with Crippen LogP contribution < -0.4 is 15.4 Å². The number of carbonyl (C=O) groups is 1. The van der Waals surface area contributed by atoms with Gasteiger partial charge in [-0.1, -0.05) is 0 Å². The molecule has 0 fully saturated rings. The first-order valence-electron chi connectivity index (χ1n) is 6.30. The maximum absolute atomic E-state index is 11.1. The molecule has 0 spiro atoms. The highest BCUT2D eigenvalue weighted by Gasteiger charge is 2.21. The van der Waals surface area contributed by atoms with E-state index in [9.17, 15) is 14.9 Å². The summed E-state index contributed by atoms with van der Waals surface area (Å²) in [5, 5.41) is 16.5. The van der Waals surface area contributed by atoms with E-state index in [0.717, 1.165) is 0 Å². The molecule has 1 aromatic heterocycles. The maximum Gasteiger partial charge on any atom is 0.406 e. The molecule has 0 atom stereocenters. The van der Waals surface area contributed by atoms with Crippen molar-refractivity contribution in [3.63, 3.8) is 0 Å². The third-order valence-electron chi connectivity index (χ3n) is 2.86. The molecule has 0 unspecified atom stereocenters. The Kier molecular flexibility index (Phi) is 4.25. The summed E-state index contributed by atoms with van der Waals surface area (Å²) < 4.78 is 6.71. The molecule has 22 heavy (non-hydrogen) atoms. The first-order chi connectivity index (χ1) is 10.4. The van der Waals surface area contributed by atoms with Crippen LogP contribution in [0.15, 0.2) is 24.5 Å². The molecule has 0 bridgehead atoms. The van der Waals surface area contributed by atoms with E-state index < -0.39 is 4.92 Å². The number of benzene rings is 1. The lowest BCUT2D eigenvalue weighted by Crippen LogP contribution is -2.07. The summed E-state index contributed by atoms with van der Waals surface area (Å²) in [6.45, 7) is 1.39. The molecule has 1 heterocycles. The summed E-state index contributed by atoms with van der Waals surface area (Å²) in [4.78, 5) is 25.3. The number of hydrogen-bond donors (Lipinski definition) is 2. The first kappa shape index (κ1) is 15.3. The number of aromatic nitrogens is 2. The largest absolute Gasteiger partial charge is 0.495 e. The Morgan fingerprint density at radius 1 is 1.45 bits per heavy atom. The van der Waals surface area contributed by atoms with Crippen molar-refractivity contribution in [1.82, 2.24) is 9.55 Å². The van der Waals surface area contributed by atoms with Gasteiger partial charge in [0.1, 0.15) is 5.75 Å². The topological polar surface area (TPSA) is 111 Å². The molecule has 0 aliphatic rings. The summed E-state index contributed by atoms with van der Waals surface area (Å²) >= 11 is 0. The number of aryl methyl sites for hydroxylation is 1. The Balaban J connectivity index is 2.41. The van der Waals surface area contributed by atoms with Crippen molar-refractivity contribution in [3.05, 3.63) is 34.6 Å². The molecule has 2 aromatic rings. The summed E-state index contributed by atoms with van der Waals surface area (Å²) in [5.74, 6) is 0.171. The van der Waals surface area contributed by atoms with E-state index in [-0.39, 0.29) is 17.5 Å². The minimum absolute atomic E-state index is 0.211. The van der Waals surface area contributed by atoms with Crippen molar-refractivity contribution in [2.75, 3.05) is 17.7 Å². The number of ether oxygens (including phenoxy) is 1. The van der Waals surface area contributed by atoms with E-state index in [0.29, 0.717) is 17.1 Å². The van der Waals surface area contributed by atoms with Gasteiger partial charge in [0.2, 0.25) is 18.1 Å². The zero-order valence-electron chi connectivity index (χ0n) is 12.3. The van der Waals surface area contributed by atoms with E-state index in [1.807, 2.05) is 0 Å². The van der Waals surface area contributed by atoms with Crippen LogP contribution in [-0.4, -0.2) is 27.5 Å². The average molecular weight is 305 g/mol. The van der Waals surface area contributed by atoms with Crippen LogP contribution in [0, 0.1) is 10.1 Å². The molecule has 1 amide bonds. The van der Waals surface area contributed by atoms with E-state index in [4.69, 9.17) is 4.74 Å². The molecule has 0 aliphatic carbocycles. The van der Waals surface area contributed by atoms with Gasteiger partial charge in [-0.2, -0.15) is 0 Å². The van der Waals surface area contributed by atoms with Crippen molar-refractivity contribution >= 4 is 28.9 Å². The van der Waals surface area contributed by atoms with Crippen molar-refractivity contribution in [3.8, 4) is 5.75 Å². The fourth-order valence-corrected chi connectivity index (χ4v) is 1.91. The third-order valence-corrected chi connectivity index (χ3v) is 2.86. The molecule has 2 rings (SSSR count). The molecule has 0 aliphatic heterocycles. The lowest BCUT2D eigenvalue weighted by Gasteiger charge is -2.13. The molecule has 0 radical (unpaired) electrons. The normalized spacial score (nSPS) is 10.1. The van der Waals surface area contributed by atoms with Gasteiger partial charge in [-0.15, -0.1) is 0 Å². The lowest BCUT2D eigenvalue weighted by atomic mass is 10.2. The molecule has 116 valence electrons. The second kappa shape index (κ2) is 6.12. The van der Waals surface area contributed by atoms with Crippen LogP contribution in [0.2, 0.25) is 0 Å². The average Bonchev–Trinajstić information content (AvgIpc) is 2.80. The van der Waals surface area contributed by atoms with Gasteiger partial charge in [-0.05, 0) is 28.1 Å². The highest BCUT2D eigenvalue weighted by atomic mass is 16.6. The van der Waals surface area contributed by atoms with Crippen LogP contribution in [0.3, 0.4) is 0 Å². The highest BCUT2D eigenvalue weighted by molar-refractivity contribution is 5.90. The Morgan fingerprint density at radius 3 is 2.77 bits per heavy atom. The number of hydrogen-bond acceptors (Lipinski definition) is 6. The maximum atomic E-state index is 11.1. The van der Waals surface area contributed by atoms with Crippen LogP contribution in [0.1, 0.15) is 6.92 Å². The van der Waals surface area contributed by atoms with E-state index in [1.54, 1.807) is 25.2 Å². The van der Waals surface area contributed by atoms with Crippen LogP contribution >= 0.6 is 0 Å². The number of methoxy groups -OCH3 is 1. The van der Waals surface area contributed by atoms with Gasteiger partial charge in [0, 0.05) is 19.7 Å². The SMILES string of the molecule is COc1ccc(NC(C)=O)cc1Nc1c([N+](=O)[O-])ncn1C. The molecule has 1 aromatic carbocycles. The van der Waals surface area contributed by atoms with Crippen LogP contribution in [0.5, 0.6) is 5.75 Å². The molecule has 0 saturated carbocycles. The number of nitro groups is 1. The first-order valence-corrected chi connectivity index (χ1v) is 6.30. The molecule has 9 nitrogen and oxygen atoms in total. The Hall–Kier alpha value is -3.10. The van der Waals surface area contributed by atoms with Gasteiger partial charge in [0.05, 0.1) is 12.8 Å². The standard InChI is InChI=1S/C13H15N5O4/c1-8(19)15-9-4-5-11(22-3)10(6-9)16-13-12(18(20)21)14-7-17(13)2/h4-7,16H,1-3H3,(H,15,19). The predicted molar refractivity (Wildman–Crippen MR) is 80.4 cm³/mol. The number of nitrogens with zero attached hydrogens (tertiary/aromatic N) is 3. The van der Waals surface area contributed by atoms with Crippen LogP contribution in [0.4, 0.5) is 23.0 Å². The summed E-state index contributed by atoms with van der Waals surface area (Å²) in [7, 11) is 3.11. The molecular formula is C13H15N5O4. The fourth-order valence-electron chi connectivity index (χ4n) is 1.91. The number of rotatable bonds is 5. The van der Waals surface area contributed by atoms with E-state index in [1.165, 1.54) is 24.9 Å². The van der Waals surface area contributed by atoms with Crippen LogP contribution in [-0.2, 0) is 11.8 Å². The number of anilines is 3. The van der Waals surface area contributed by atoms with Crippen molar-refractivity contribution in [2.24, 2.45) is 7.05 Å². The lowest BCUT2D eigenvalue weighted by molar-refractivity contribution is -0.388. The zero-order valence-corrected chi connectivity index (χ0v) is 12.3. The Bertz CT molecular complexity index is 725. The second-order valence-corrected chi connectivity index (χ2v) is 4.51. The van der Waals surface area contributed by atoms with Gasteiger partial charge in [0.15, 0.2) is 0 Å². The number of imidazole rings is 1. The monoisotopic (exact) mass is 305 g/mol. The minimum Gasteiger partial charge on any atom is -0.495 e. The minimum atomic E-state index is -0.577. The summed E-state index contributed by atoms with van der Waals surface area (Å²) in [6.07, 6.45) is 1.34. The zero-order chi connectivity index (χ0) is 16.3. The van der Waals surface area contributed by atoms with Crippen molar-refractivity contribution in [1.29, 1.82) is 0 Å². The van der Waals surface area contributed by atoms with Gasteiger partial charge in [-0.3, -0.25) is 9.36 Å². The van der Waals surface area contributed by atoms with Crippen molar-refractivity contribution in [2.45, 2.75) is 6.92 Å². The van der Waals surface area contributed by atoms with Gasteiger partial charge in [0.25, 0.3) is 0 Å². The molecule has 9 heteroatoms. The summed E-state index contributed by atoms with van der Waals surface area (Å²) in [6, 6.07) is 4.94. The van der Waals surface area contributed by atoms with E-state index in [2.05, 4.69) is 15.6 Å². The molecular weight excluding hydrogens is 290 g/mol. The smallest absolute Gasteiger partial charge is 0.406 e. The molecule has 2 N–H and O–H groups in total. The Labute approximate surface area is 126 Å². The van der Waals surface area contributed by atoms with Crippen LogP contribution in [0.25, 0.3) is 0 Å². The van der Waals surface area contributed by atoms with Gasteiger partial charge < -0.3 is 25.5 Å². The predicted octanol–water partition coefficient (Wildman–Crippen LogP) is 2.04. The van der Waals surface area contributed by atoms with Crippen molar-refractivity contribution < 1.29 is 14.5 Å². The number of carbonyl (C=O) groups excluding carboxylic acids is 1. The Morgan fingerprint density at radius 2 is 2.18 bits per heavy atom.